The van der Waals surface area contributed by atoms with Gasteiger partial charge in [0.25, 0.3) is 5.24 Å². The van der Waals surface area contributed by atoms with E-state index in [0.717, 1.165) is 0 Å². The molecule has 0 saturated carbocycles. The third kappa shape index (κ3) is 4.02. The minimum absolute atomic E-state index is 0.0508. The van der Waals surface area contributed by atoms with E-state index >= 15 is 0 Å². The van der Waals surface area contributed by atoms with E-state index in [1.807, 2.05) is 0 Å². The van der Waals surface area contributed by atoms with Crippen molar-refractivity contribution in [2.45, 2.75) is 30.5 Å². The molecule has 0 N–H and O–H groups in total. The number of benzene rings is 1. The first-order valence-corrected chi connectivity index (χ1v) is 8.82. The highest BCUT2D eigenvalue weighted by Crippen LogP contribution is 3.02. The summed E-state index contributed by atoms with van der Waals surface area (Å²) in [5.41, 5.74) is -2.43. The Morgan fingerprint density at radius 1 is 1.20 bits per heavy atom. The van der Waals surface area contributed by atoms with Gasteiger partial charge in [0.05, 0.1) is 5.57 Å². The Balaban J connectivity index is 2.78. The first kappa shape index (κ1) is 19.8. The molecule has 2 nitrogen and oxygen atoms in total. The highest BCUT2D eigenvalue weighted by atomic mass is 35.5. The van der Waals surface area contributed by atoms with Gasteiger partial charge in [-0.2, -0.15) is 13.2 Å². The molecule has 1 aliphatic heterocycles. The average molecular weight is 417 g/mol. The number of carbonyl (C=O) groups is 1. The molecule has 0 amide bonds. The van der Waals surface area contributed by atoms with Gasteiger partial charge >= 0.3 is 16.4 Å². The number of carbonyl (C=O) groups excluding carboxylic acids is 1. The highest BCUT2D eigenvalue weighted by Gasteiger charge is 2.65. The first-order chi connectivity index (χ1) is 10.9. The third-order valence-electron chi connectivity index (χ3n) is 3.35. The van der Waals surface area contributed by atoms with E-state index in [-0.39, 0.29) is 18.6 Å². The molecule has 2 rings (SSSR count). The second-order valence-electron chi connectivity index (χ2n) is 5.24. The van der Waals surface area contributed by atoms with Crippen molar-refractivity contribution in [3.8, 4) is 5.75 Å². The number of alkyl halides is 3. The highest BCUT2D eigenvalue weighted by molar-refractivity contribution is 8.45. The van der Waals surface area contributed by atoms with E-state index < -0.39 is 55.1 Å². The van der Waals surface area contributed by atoms with Gasteiger partial charge in [0, 0.05) is 5.56 Å². The summed E-state index contributed by atoms with van der Waals surface area (Å²) in [7, 11) is -10.1. The summed E-state index contributed by atoms with van der Waals surface area (Å²) < 4.78 is 109. The number of fused-ring (bicyclic) bond motifs is 1. The number of hydrogen-bond acceptors (Lipinski definition) is 2. The van der Waals surface area contributed by atoms with Crippen LogP contribution >= 0.6 is 21.8 Å². The van der Waals surface area contributed by atoms with Crippen molar-refractivity contribution in [3.05, 3.63) is 28.8 Å². The van der Waals surface area contributed by atoms with Gasteiger partial charge in [-0.15, -0.1) is 0 Å². The SMILES string of the molecule is CCc1cc(S(F)(F)(F)(F)F)cc2c1O[C@H](C(F)(F)F)C(C(=O)Cl)=C2. The summed E-state index contributed by atoms with van der Waals surface area (Å²) >= 11 is 5.03. The summed E-state index contributed by atoms with van der Waals surface area (Å²) in [6, 6.07) is -0.00234. The zero-order valence-electron chi connectivity index (χ0n) is 12.1. The van der Waals surface area contributed by atoms with E-state index in [2.05, 4.69) is 4.74 Å². The summed E-state index contributed by atoms with van der Waals surface area (Å²) in [4.78, 5) is 8.89. The van der Waals surface area contributed by atoms with Gasteiger partial charge in [-0.3, -0.25) is 4.79 Å². The Bertz CT molecular complexity index is 782. The molecular formula is C13H9ClF8O2S. The Hall–Kier alpha value is -1.49. The predicted molar refractivity (Wildman–Crippen MR) is 76.5 cm³/mol. The van der Waals surface area contributed by atoms with Crippen LogP contribution in [0.2, 0.25) is 0 Å². The van der Waals surface area contributed by atoms with Gasteiger partial charge in [0.2, 0.25) is 6.10 Å². The van der Waals surface area contributed by atoms with Gasteiger partial charge in [-0.1, -0.05) is 26.4 Å². The minimum Gasteiger partial charge on any atom is -0.475 e. The largest absolute Gasteiger partial charge is 0.475 e. The van der Waals surface area contributed by atoms with Crippen molar-refractivity contribution in [2.24, 2.45) is 0 Å². The molecule has 1 aromatic rings. The summed E-state index contributed by atoms with van der Waals surface area (Å²) in [5.74, 6) is -0.655. The maximum atomic E-state index is 13.0. The Kier molecular flexibility index (Phi) is 3.99. The maximum absolute atomic E-state index is 13.0. The maximum Gasteiger partial charge on any atom is 0.429 e. The lowest BCUT2D eigenvalue weighted by molar-refractivity contribution is -0.184. The molecule has 1 atom stereocenters. The van der Waals surface area contributed by atoms with Crippen LogP contribution in [0.25, 0.3) is 6.08 Å². The molecule has 0 bridgehead atoms. The number of rotatable bonds is 3. The van der Waals surface area contributed by atoms with Crippen LogP contribution < -0.4 is 4.74 Å². The third-order valence-corrected chi connectivity index (χ3v) is 4.69. The fourth-order valence-electron chi connectivity index (χ4n) is 2.25. The van der Waals surface area contributed by atoms with Gasteiger partial charge in [0.1, 0.15) is 10.6 Å². The second-order valence-corrected chi connectivity index (χ2v) is 7.99. The van der Waals surface area contributed by atoms with Crippen LogP contribution in [0, 0.1) is 0 Å². The van der Waals surface area contributed by atoms with E-state index in [9.17, 15) is 37.4 Å². The van der Waals surface area contributed by atoms with Crippen LogP contribution in [0.5, 0.6) is 5.75 Å². The molecule has 12 heteroatoms. The molecule has 0 radical (unpaired) electrons. The Morgan fingerprint density at radius 3 is 2.16 bits per heavy atom. The van der Waals surface area contributed by atoms with Gasteiger partial charge < -0.3 is 4.74 Å². The van der Waals surface area contributed by atoms with E-state index in [0.29, 0.717) is 6.08 Å². The zero-order chi connectivity index (χ0) is 19.5. The fourth-order valence-corrected chi connectivity index (χ4v) is 3.12. The predicted octanol–water partition coefficient (Wildman–Crippen LogP) is 6.38. The number of ether oxygens (including phenoxy) is 1. The van der Waals surface area contributed by atoms with Crippen LogP contribution in [0.4, 0.5) is 32.6 Å². The molecule has 1 aliphatic rings. The van der Waals surface area contributed by atoms with Crippen LogP contribution in [0.3, 0.4) is 0 Å². The molecule has 1 heterocycles. The molecule has 0 fully saturated rings. The van der Waals surface area contributed by atoms with Gasteiger partial charge in [-0.25, -0.2) is 0 Å². The lowest BCUT2D eigenvalue weighted by Gasteiger charge is -2.41. The second kappa shape index (κ2) is 5.03. The van der Waals surface area contributed by atoms with E-state index in [4.69, 9.17) is 11.6 Å². The molecular weight excluding hydrogens is 408 g/mol. The summed E-state index contributed by atoms with van der Waals surface area (Å²) in [5, 5.41) is -1.62. The molecule has 0 unspecified atom stereocenters. The smallest absolute Gasteiger partial charge is 0.429 e. The average Bonchev–Trinajstić information content (AvgIpc) is 2.40. The van der Waals surface area contributed by atoms with Crippen molar-refractivity contribution < 1.29 is 42.1 Å². The normalized spacial score (nSPS) is 20.7. The van der Waals surface area contributed by atoms with Crippen molar-refractivity contribution >= 4 is 33.1 Å². The van der Waals surface area contributed by atoms with Crippen LogP contribution in [0.15, 0.2) is 22.6 Å². The summed E-state index contributed by atoms with van der Waals surface area (Å²) in [6.45, 7) is 1.25. The van der Waals surface area contributed by atoms with Crippen molar-refractivity contribution in [3.63, 3.8) is 0 Å². The fraction of sp³-hybridized carbons (Fsp3) is 0.308. The Morgan fingerprint density at radius 2 is 1.76 bits per heavy atom. The lowest BCUT2D eigenvalue weighted by Crippen LogP contribution is -2.39. The molecule has 0 aliphatic carbocycles. The molecule has 142 valence electrons. The number of hydrogen-bond donors (Lipinski definition) is 0. The first-order valence-electron chi connectivity index (χ1n) is 6.50. The monoisotopic (exact) mass is 416 g/mol. The number of halogens is 9. The minimum atomic E-state index is -10.1. The molecule has 0 spiro atoms. The number of aryl methyl sites for hydroxylation is 1. The lowest BCUT2D eigenvalue weighted by atomic mass is 9.98. The molecule has 0 saturated heterocycles. The quantitative estimate of drug-likeness (QED) is 0.422. The Labute approximate surface area is 141 Å². The van der Waals surface area contributed by atoms with E-state index in [1.165, 1.54) is 6.92 Å². The van der Waals surface area contributed by atoms with Crippen molar-refractivity contribution in [1.29, 1.82) is 0 Å². The topological polar surface area (TPSA) is 26.3 Å². The summed E-state index contributed by atoms with van der Waals surface area (Å²) in [6.07, 6.45) is -7.82. The standard InChI is InChI=1S/C13H9ClF8O2S/c1-2-6-3-8(25(18,19,20,21)22)4-7-5-9(12(14)23)11(13(15,16)17)24-10(6)7/h3-5,11H,2H2,1H3/t11-/m0/s1. The van der Waals surface area contributed by atoms with Crippen molar-refractivity contribution in [2.75, 3.05) is 0 Å². The molecule has 0 aromatic heterocycles. The molecule has 1 aromatic carbocycles. The zero-order valence-corrected chi connectivity index (χ0v) is 13.7. The van der Waals surface area contributed by atoms with Crippen molar-refractivity contribution in [1.82, 2.24) is 0 Å². The van der Waals surface area contributed by atoms with E-state index in [1.54, 1.807) is 0 Å². The molecule has 25 heavy (non-hydrogen) atoms. The van der Waals surface area contributed by atoms with Crippen LogP contribution in [-0.4, -0.2) is 17.5 Å². The van der Waals surface area contributed by atoms with Crippen LogP contribution in [0.1, 0.15) is 18.1 Å². The van der Waals surface area contributed by atoms with Gasteiger partial charge in [-0.05, 0) is 41.8 Å². The van der Waals surface area contributed by atoms with Crippen LogP contribution in [-0.2, 0) is 11.2 Å². The van der Waals surface area contributed by atoms with Gasteiger partial charge in [0.15, 0.2) is 0 Å².